The zero-order chi connectivity index (χ0) is 16.2. The second-order valence-electron chi connectivity index (χ2n) is 6.05. The first kappa shape index (κ1) is 15.2. The molecule has 0 N–H and O–H groups in total. The Balaban J connectivity index is 1.66. The maximum absolute atomic E-state index is 6.29. The molecule has 1 aliphatic rings. The lowest BCUT2D eigenvalue weighted by Crippen LogP contribution is -2.43. The molecule has 0 bridgehead atoms. The van der Waals surface area contributed by atoms with Crippen molar-refractivity contribution in [3.05, 3.63) is 102 Å². The topological polar surface area (TPSA) is 18.5 Å². The van der Waals surface area contributed by atoms with Gasteiger partial charge < -0.3 is 9.31 Å². The fourth-order valence-electron chi connectivity index (χ4n) is 3.17. The molecule has 2 atom stereocenters. The van der Waals surface area contributed by atoms with Gasteiger partial charge in [-0.2, -0.15) is 0 Å². The average molecular weight is 314 g/mol. The van der Waals surface area contributed by atoms with Crippen LogP contribution in [0.3, 0.4) is 0 Å². The summed E-state index contributed by atoms with van der Waals surface area (Å²) in [7, 11) is -0.352. The first-order valence-electron chi connectivity index (χ1n) is 8.36. The summed E-state index contributed by atoms with van der Waals surface area (Å²) in [6.45, 7) is 0. The van der Waals surface area contributed by atoms with Crippen LogP contribution in [0, 0.1) is 0 Å². The van der Waals surface area contributed by atoms with E-state index in [9.17, 15) is 0 Å². The third-order valence-corrected chi connectivity index (χ3v) is 4.42. The maximum atomic E-state index is 6.29. The molecule has 1 heterocycles. The Hall–Kier alpha value is -2.36. The van der Waals surface area contributed by atoms with Crippen LogP contribution in [0.15, 0.2) is 91.0 Å². The lowest BCUT2D eigenvalue weighted by Gasteiger charge is -2.35. The number of rotatable bonds is 3. The van der Waals surface area contributed by atoms with Crippen molar-refractivity contribution in [2.24, 2.45) is 0 Å². The van der Waals surface area contributed by atoms with Crippen LogP contribution in [-0.2, 0) is 9.31 Å². The van der Waals surface area contributed by atoms with Crippen molar-refractivity contribution >= 4 is 12.6 Å². The Labute approximate surface area is 143 Å². The summed E-state index contributed by atoms with van der Waals surface area (Å²) in [6.07, 6.45) is 0.864. The number of hydrogen-bond donors (Lipinski definition) is 0. The number of benzene rings is 3. The van der Waals surface area contributed by atoms with Crippen molar-refractivity contribution in [2.75, 3.05) is 0 Å². The molecule has 0 aliphatic carbocycles. The lowest BCUT2D eigenvalue weighted by molar-refractivity contribution is 0.0206. The summed E-state index contributed by atoms with van der Waals surface area (Å²) >= 11 is 0. The molecule has 24 heavy (non-hydrogen) atoms. The van der Waals surface area contributed by atoms with E-state index in [2.05, 4.69) is 60.7 Å². The molecule has 1 saturated heterocycles. The lowest BCUT2D eigenvalue weighted by atomic mass is 9.75. The van der Waals surface area contributed by atoms with Gasteiger partial charge in [-0.25, -0.2) is 0 Å². The van der Waals surface area contributed by atoms with Crippen molar-refractivity contribution in [2.45, 2.75) is 18.6 Å². The smallest absolute Gasteiger partial charge is 0.400 e. The normalized spacial score (nSPS) is 20.8. The van der Waals surface area contributed by atoms with Gasteiger partial charge in [0.1, 0.15) is 0 Å². The van der Waals surface area contributed by atoms with Crippen molar-refractivity contribution < 1.29 is 9.31 Å². The second-order valence-corrected chi connectivity index (χ2v) is 6.05. The Morgan fingerprint density at radius 1 is 0.583 bits per heavy atom. The molecule has 118 valence electrons. The molecule has 3 aromatic carbocycles. The Bertz CT molecular complexity index is 647. The van der Waals surface area contributed by atoms with Crippen LogP contribution in [-0.4, -0.2) is 7.12 Å². The van der Waals surface area contributed by atoms with Crippen LogP contribution < -0.4 is 5.46 Å². The molecule has 2 unspecified atom stereocenters. The van der Waals surface area contributed by atoms with Crippen molar-refractivity contribution in [1.29, 1.82) is 0 Å². The third kappa shape index (κ3) is 3.28. The second kappa shape index (κ2) is 7.04. The quantitative estimate of drug-likeness (QED) is 0.671. The van der Waals surface area contributed by atoms with Crippen molar-refractivity contribution in [1.82, 2.24) is 0 Å². The van der Waals surface area contributed by atoms with E-state index < -0.39 is 0 Å². The van der Waals surface area contributed by atoms with Gasteiger partial charge in [-0.1, -0.05) is 91.0 Å². The molecule has 0 radical (unpaired) electrons. The van der Waals surface area contributed by atoms with Crippen molar-refractivity contribution in [3.8, 4) is 0 Å². The molecular formula is C21H19BO2. The minimum absolute atomic E-state index is 0.0235. The van der Waals surface area contributed by atoms with Gasteiger partial charge in [-0.05, 0) is 16.6 Å². The van der Waals surface area contributed by atoms with Crippen LogP contribution >= 0.6 is 0 Å². The van der Waals surface area contributed by atoms with Gasteiger partial charge in [0.25, 0.3) is 0 Å². The maximum Gasteiger partial charge on any atom is 0.494 e. The summed E-state index contributed by atoms with van der Waals surface area (Å²) in [5.41, 5.74) is 3.45. The summed E-state index contributed by atoms with van der Waals surface area (Å²) in [6, 6.07) is 31.0. The highest BCUT2D eigenvalue weighted by molar-refractivity contribution is 6.61. The van der Waals surface area contributed by atoms with E-state index >= 15 is 0 Å². The summed E-state index contributed by atoms with van der Waals surface area (Å²) in [5, 5.41) is 0. The molecule has 1 fully saturated rings. The van der Waals surface area contributed by atoms with E-state index in [1.807, 2.05) is 30.3 Å². The zero-order valence-electron chi connectivity index (χ0n) is 13.4. The summed E-state index contributed by atoms with van der Waals surface area (Å²) < 4.78 is 12.6. The fraction of sp³-hybridized carbons (Fsp3) is 0.143. The highest BCUT2D eigenvalue weighted by atomic mass is 16.6. The predicted octanol–water partition coefficient (Wildman–Crippen LogP) is 4.30. The van der Waals surface area contributed by atoms with Crippen LogP contribution in [0.1, 0.15) is 29.8 Å². The van der Waals surface area contributed by atoms with Crippen molar-refractivity contribution in [3.63, 3.8) is 0 Å². The molecule has 0 saturated carbocycles. The predicted molar refractivity (Wildman–Crippen MR) is 97.0 cm³/mol. The molecular weight excluding hydrogens is 295 g/mol. The van der Waals surface area contributed by atoms with Gasteiger partial charge in [-0.15, -0.1) is 0 Å². The third-order valence-electron chi connectivity index (χ3n) is 4.42. The molecule has 0 aromatic heterocycles. The van der Waals surface area contributed by atoms with Crippen LogP contribution in [0.2, 0.25) is 0 Å². The van der Waals surface area contributed by atoms with E-state index in [-0.39, 0.29) is 19.3 Å². The fourth-order valence-corrected chi connectivity index (χ4v) is 3.17. The summed E-state index contributed by atoms with van der Waals surface area (Å²) in [4.78, 5) is 0. The van der Waals surface area contributed by atoms with E-state index in [0.29, 0.717) is 0 Å². The SMILES string of the molecule is c1ccc(B2OC(c3ccccc3)CC(c3ccccc3)O2)cc1. The van der Waals surface area contributed by atoms with Crippen LogP contribution in [0.4, 0.5) is 0 Å². The van der Waals surface area contributed by atoms with Gasteiger partial charge in [0.05, 0.1) is 12.2 Å². The first-order chi connectivity index (χ1) is 11.9. The van der Waals surface area contributed by atoms with Crippen LogP contribution in [0.25, 0.3) is 0 Å². The molecule has 3 aromatic rings. The van der Waals surface area contributed by atoms with E-state index in [4.69, 9.17) is 9.31 Å². The Kier molecular flexibility index (Phi) is 4.45. The molecule has 2 nitrogen and oxygen atoms in total. The highest BCUT2D eigenvalue weighted by Gasteiger charge is 2.36. The molecule has 0 amide bonds. The van der Waals surface area contributed by atoms with Gasteiger partial charge in [0, 0.05) is 6.42 Å². The minimum Gasteiger partial charge on any atom is -0.400 e. The monoisotopic (exact) mass is 314 g/mol. The Morgan fingerprint density at radius 2 is 1.00 bits per heavy atom. The largest absolute Gasteiger partial charge is 0.494 e. The van der Waals surface area contributed by atoms with Gasteiger partial charge >= 0.3 is 7.12 Å². The Morgan fingerprint density at radius 3 is 1.46 bits per heavy atom. The molecule has 1 aliphatic heterocycles. The van der Waals surface area contributed by atoms with E-state index in [1.165, 1.54) is 11.1 Å². The van der Waals surface area contributed by atoms with Gasteiger partial charge in [-0.3, -0.25) is 0 Å². The highest BCUT2D eigenvalue weighted by Crippen LogP contribution is 2.37. The van der Waals surface area contributed by atoms with Crippen LogP contribution in [0.5, 0.6) is 0 Å². The first-order valence-corrected chi connectivity index (χ1v) is 8.36. The standard InChI is InChI=1S/C21H19BO2/c1-4-10-17(11-5-1)20-16-21(18-12-6-2-7-13-18)24-22(23-20)19-14-8-3-9-15-19/h1-15,20-21H,16H2. The van der Waals surface area contributed by atoms with Gasteiger partial charge in [0.15, 0.2) is 0 Å². The number of hydrogen-bond acceptors (Lipinski definition) is 2. The average Bonchev–Trinajstić information content (AvgIpc) is 2.70. The van der Waals surface area contributed by atoms with E-state index in [1.54, 1.807) is 0 Å². The zero-order valence-corrected chi connectivity index (χ0v) is 13.4. The minimum atomic E-state index is -0.352. The molecule has 0 spiro atoms. The summed E-state index contributed by atoms with van der Waals surface area (Å²) in [5.74, 6) is 0. The van der Waals surface area contributed by atoms with Gasteiger partial charge in [0.2, 0.25) is 0 Å². The van der Waals surface area contributed by atoms with E-state index in [0.717, 1.165) is 11.9 Å². The molecule has 3 heteroatoms. The molecule has 4 rings (SSSR count).